The number of nitrogens with zero attached hydrogens (tertiary/aromatic N) is 1. The Labute approximate surface area is 147 Å². The summed E-state index contributed by atoms with van der Waals surface area (Å²) in [7, 11) is 0. The molecule has 0 N–H and O–H groups in total. The highest BCUT2D eigenvalue weighted by Crippen LogP contribution is 2.23. The Morgan fingerprint density at radius 3 is 2.52 bits per heavy atom. The van der Waals surface area contributed by atoms with Crippen LogP contribution in [0.4, 0.5) is 4.79 Å². The molecule has 1 unspecified atom stereocenters. The number of carbonyl (C=O) groups excluding carboxylic acids is 2. The van der Waals surface area contributed by atoms with Crippen LogP contribution in [-0.2, 0) is 11.2 Å². The van der Waals surface area contributed by atoms with E-state index < -0.39 is 6.09 Å². The van der Waals surface area contributed by atoms with Crippen molar-refractivity contribution in [1.29, 1.82) is 0 Å². The standard InChI is InChI=1S/C21H19NO3/c1-16-7-9-17(10-8-16)13-18-11-12-22(14-19(18)15-23)21(24)25-20-5-3-2-4-6-20/h2-12,14-15,18H,13H2,1H3. The van der Waals surface area contributed by atoms with Crippen molar-refractivity contribution in [2.45, 2.75) is 13.3 Å². The van der Waals surface area contributed by atoms with Crippen molar-refractivity contribution in [3.05, 3.63) is 89.8 Å². The number of amides is 1. The summed E-state index contributed by atoms with van der Waals surface area (Å²) >= 11 is 0. The van der Waals surface area contributed by atoms with E-state index in [0.717, 1.165) is 11.8 Å². The van der Waals surface area contributed by atoms with E-state index in [-0.39, 0.29) is 5.92 Å². The lowest BCUT2D eigenvalue weighted by Gasteiger charge is -2.23. The fraction of sp³-hybridized carbons (Fsp3) is 0.143. The van der Waals surface area contributed by atoms with Gasteiger partial charge in [0.15, 0.2) is 0 Å². The smallest absolute Gasteiger partial charge is 0.410 e. The van der Waals surface area contributed by atoms with Gasteiger partial charge in [-0.25, -0.2) is 4.79 Å². The van der Waals surface area contributed by atoms with Gasteiger partial charge < -0.3 is 4.74 Å². The highest BCUT2D eigenvalue weighted by Gasteiger charge is 2.21. The van der Waals surface area contributed by atoms with Gasteiger partial charge in [-0.05, 0) is 31.0 Å². The fourth-order valence-corrected chi connectivity index (χ4v) is 2.64. The summed E-state index contributed by atoms with van der Waals surface area (Å²) in [5.74, 6) is 0.407. The maximum Gasteiger partial charge on any atom is 0.423 e. The van der Waals surface area contributed by atoms with Gasteiger partial charge in [-0.3, -0.25) is 9.69 Å². The maximum atomic E-state index is 12.2. The van der Waals surface area contributed by atoms with E-state index >= 15 is 0 Å². The molecule has 25 heavy (non-hydrogen) atoms. The molecule has 1 atom stereocenters. The number of hydrogen-bond donors (Lipinski definition) is 0. The van der Waals surface area contributed by atoms with E-state index in [1.54, 1.807) is 30.5 Å². The van der Waals surface area contributed by atoms with Crippen molar-refractivity contribution < 1.29 is 14.3 Å². The lowest BCUT2D eigenvalue weighted by molar-refractivity contribution is -0.105. The molecule has 4 heteroatoms. The minimum atomic E-state index is -0.546. The first kappa shape index (κ1) is 16.7. The molecule has 1 aliphatic heterocycles. The van der Waals surface area contributed by atoms with E-state index in [2.05, 4.69) is 24.3 Å². The van der Waals surface area contributed by atoms with Crippen molar-refractivity contribution >= 4 is 12.4 Å². The van der Waals surface area contributed by atoms with Crippen LogP contribution < -0.4 is 4.74 Å². The van der Waals surface area contributed by atoms with Crippen molar-refractivity contribution in [3.63, 3.8) is 0 Å². The molecule has 126 valence electrons. The average molecular weight is 333 g/mol. The number of allylic oxidation sites excluding steroid dienone is 2. The van der Waals surface area contributed by atoms with Crippen molar-refractivity contribution in [2.24, 2.45) is 5.92 Å². The Morgan fingerprint density at radius 1 is 1.12 bits per heavy atom. The Kier molecular flexibility index (Phi) is 5.09. The molecule has 1 aliphatic rings. The fourth-order valence-electron chi connectivity index (χ4n) is 2.64. The van der Waals surface area contributed by atoms with Crippen LogP contribution in [0.25, 0.3) is 0 Å². The lowest BCUT2D eigenvalue weighted by Crippen LogP contribution is -2.28. The molecule has 0 aromatic heterocycles. The van der Waals surface area contributed by atoms with Gasteiger partial charge in [-0.1, -0.05) is 54.1 Å². The molecule has 0 spiro atoms. The van der Waals surface area contributed by atoms with Crippen molar-refractivity contribution in [1.82, 2.24) is 4.90 Å². The van der Waals surface area contributed by atoms with Gasteiger partial charge in [-0.2, -0.15) is 0 Å². The molecule has 3 rings (SSSR count). The summed E-state index contributed by atoms with van der Waals surface area (Å²) in [6, 6.07) is 17.1. The monoisotopic (exact) mass is 333 g/mol. The number of hydrogen-bond acceptors (Lipinski definition) is 3. The van der Waals surface area contributed by atoms with Gasteiger partial charge in [0, 0.05) is 23.9 Å². The van der Waals surface area contributed by atoms with Crippen LogP contribution in [-0.4, -0.2) is 17.3 Å². The first-order valence-corrected chi connectivity index (χ1v) is 8.11. The summed E-state index contributed by atoms with van der Waals surface area (Å²) in [4.78, 5) is 25.0. The molecule has 0 aliphatic carbocycles. The molecule has 0 bridgehead atoms. The summed E-state index contributed by atoms with van der Waals surface area (Å²) in [5.41, 5.74) is 2.89. The van der Waals surface area contributed by atoms with E-state index in [9.17, 15) is 9.59 Å². The number of rotatable bonds is 4. The molecule has 2 aromatic rings. The normalized spacial score (nSPS) is 16.3. The van der Waals surface area contributed by atoms with Crippen LogP contribution in [0.5, 0.6) is 5.75 Å². The number of aryl methyl sites for hydroxylation is 1. The molecule has 0 saturated heterocycles. The van der Waals surface area contributed by atoms with Crippen LogP contribution in [0.3, 0.4) is 0 Å². The van der Waals surface area contributed by atoms with E-state index in [4.69, 9.17) is 4.74 Å². The van der Waals surface area contributed by atoms with Gasteiger partial charge in [-0.15, -0.1) is 0 Å². The van der Waals surface area contributed by atoms with Crippen LogP contribution in [0, 0.1) is 12.8 Å². The third-order valence-electron chi connectivity index (χ3n) is 4.07. The average Bonchev–Trinajstić information content (AvgIpc) is 2.64. The molecule has 4 nitrogen and oxygen atoms in total. The van der Waals surface area contributed by atoms with Crippen LogP contribution in [0.15, 0.2) is 78.6 Å². The van der Waals surface area contributed by atoms with Gasteiger partial charge in [0.05, 0.1) is 0 Å². The Hall–Kier alpha value is -3.14. The molecule has 0 radical (unpaired) electrons. The van der Waals surface area contributed by atoms with Gasteiger partial charge in [0.2, 0.25) is 0 Å². The minimum absolute atomic E-state index is 0.0546. The summed E-state index contributed by atoms with van der Waals surface area (Å²) < 4.78 is 5.29. The quantitative estimate of drug-likeness (QED) is 0.785. The summed E-state index contributed by atoms with van der Waals surface area (Å²) in [6.07, 6.45) is 6.01. The number of aldehydes is 1. The third-order valence-corrected chi connectivity index (χ3v) is 4.07. The number of carbonyl (C=O) groups is 2. The van der Waals surface area contributed by atoms with Gasteiger partial charge in [0.25, 0.3) is 0 Å². The highest BCUT2D eigenvalue weighted by molar-refractivity contribution is 5.79. The van der Waals surface area contributed by atoms with Crippen molar-refractivity contribution in [2.75, 3.05) is 0 Å². The van der Waals surface area contributed by atoms with E-state index in [1.165, 1.54) is 16.7 Å². The zero-order valence-electron chi connectivity index (χ0n) is 14.0. The van der Waals surface area contributed by atoms with Crippen LogP contribution in [0.2, 0.25) is 0 Å². The molecule has 2 aromatic carbocycles. The van der Waals surface area contributed by atoms with Gasteiger partial charge in [0.1, 0.15) is 12.0 Å². The summed E-state index contributed by atoms with van der Waals surface area (Å²) in [6.45, 7) is 2.04. The predicted octanol–water partition coefficient (Wildman–Crippen LogP) is 4.26. The Balaban J connectivity index is 1.69. The zero-order valence-corrected chi connectivity index (χ0v) is 14.0. The molecule has 1 heterocycles. The second-order valence-electron chi connectivity index (χ2n) is 5.97. The van der Waals surface area contributed by atoms with Crippen LogP contribution >= 0.6 is 0 Å². The number of ether oxygens (including phenoxy) is 1. The van der Waals surface area contributed by atoms with Gasteiger partial charge >= 0.3 is 6.09 Å². The highest BCUT2D eigenvalue weighted by atomic mass is 16.6. The molecule has 0 fully saturated rings. The SMILES string of the molecule is Cc1ccc(CC2C=CN(C(=O)Oc3ccccc3)C=C2C=O)cc1. The lowest BCUT2D eigenvalue weighted by atomic mass is 9.91. The third kappa shape index (κ3) is 4.23. The van der Waals surface area contributed by atoms with Crippen molar-refractivity contribution in [3.8, 4) is 5.75 Å². The molecular weight excluding hydrogens is 314 g/mol. The summed E-state index contributed by atoms with van der Waals surface area (Å²) in [5, 5.41) is 0. The van der Waals surface area contributed by atoms with Crippen LogP contribution in [0.1, 0.15) is 11.1 Å². The first-order valence-electron chi connectivity index (χ1n) is 8.11. The Bertz CT molecular complexity index is 807. The second kappa shape index (κ2) is 7.62. The first-order chi connectivity index (χ1) is 12.2. The molecule has 1 amide bonds. The molecular formula is C21H19NO3. The number of para-hydroxylation sites is 1. The Morgan fingerprint density at radius 2 is 1.84 bits per heavy atom. The predicted molar refractivity (Wildman–Crippen MR) is 96.0 cm³/mol. The topological polar surface area (TPSA) is 46.6 Å². The molecule has 0 saturated carbocycles. The zero-order chi connectivity index (χ0) is 17.6. The largest absolute Gasteiger partial charge is 0.423 e. The van der Waals surface area contributed by atoms with E-state index in [1.807, 2.05) is 19.1 Å². The minimum Gasteiger partial charge on any atom is -0.410 e. The maximum absolute atomic E-state index is 12.2. The van der Waals surface area contributed by atoms with E-state index in [0.29, 0.717) is 17.7 Å². The number of benzene rings is 2. The second-order valence-corrected chi connectivity index (χ2v) is 5.97.